The van der Waals surface area contributed by atoms with E-state index in [4.69, 9.17) is 0 Å². The Morgan fingerprint density at radius 3 is 2.60 bits per heavy atom. The molecule has 6 nitrogen and oxygen atoms in total. The molecule has 3 N–H and O–H groups in total. The van der Waals surface area contributed by atoms with Crippen molar-refractivity contribution in [2.24, 2.45) is 0 Å². The predicted molar refractivity (Wildman–Crippen MR) is 76.7 cm³/mol. The van der Waals surface area contributed by atoms with Crippen LogP contribution < -0.4 is 16.0 Å². The Labute approximate surface area is 117 Å². The molecule has 2 amide bonds. The van der Waals surface area contributed by atoms with E-state index in [1.165, 1.54) is 7.11 Å². The number of benzene rings is 1. The first-order chi connectivity index (χ1) is 9.53. The maximum Gasteiger partial charge on any atom is 0.411 e. The Kier molecular flexibility index (Phi) is 4.24. The molecule has 0 radical (unpaired) electrons. The quantitative estimate of drug-likeness (QED) is 0.789. The number of carbonyl (C=O) groups excluding carboxylic acids is 2. The second-order valence-corrected chi connectivity index (χ2v) is 5.01. The van der Waals surface area contributed by atoms with Crippen molar-refractivity contribution in [3.05, 3.63) is 24.3 Å². The van der Waals surface area contributed by atoms with Gasteiger partial charge in [0.25, 0.3) is 0 Å². The summed E-state index contributed by atoms with van der Waals surface area (Å²) in [7, 11) is 1.30. The summed E-state index contributed by atoms with van der Waals surface area (Å²) < 4.78 is 4.53. The largest absolute Gasteiger partial charge is 0.453 e. The van der Waals surface area contributed by atoms with Crippen molar-refractivity contribution >= 4 is 23.4 Å². The number of nitrogens with one attached hydrogen (secondary N) is 3. The van der Waals surface area contributed by atoms with Gasteiger partial charge in [-0.25, -0.2) is 4.79 Å². The molecule has 0 saturated carbocycles. The van der Waals surface area contributed by atoms with E-state index >= 15 is 0 Å². The highest BCUT2D eigenvalue weighted by Crippen LogP contribution is 2.22. The fourth-order valence-corrected chi connectivity index (χ4v) is 2.20. The summed E-state index contributed by atoms with van der Waals surface area (Å²) in [5, 5.41) is 8.63. The number of hydrogen-bond donors (Lipinski definition) is 3. The predicted octanol–water partition coefficient (Wildman–Crippen LogP) is 1.95. The zero-order valence-corrected chi connectivity index (χ0v) is 11.7. The lowest BCUT2D eigenvalue weighted by Gasteiger charge is -2.23. The Morgan fingerprint density at radius 2 is 2.00 bits per heavy atom. The summed E-state index contributed by atoms with van der Waals surface area (Å²) in [6.45, 7) is 2.75. The average Bonchev–Trinajstić information content (AvgIpc) is 2.87. The fourth-order valence-electron chi connectivity index (χ4n) is 2.20. The molecule has 1 aliphatic heterocycles. The number of hydrogen-bond acceptors (Lipinski definition) is 4. The van der Waals surface area contributed by atoms with Crippen molar-refractivity contribution in [2.75, 3.05) is 24.3 Å². The maximum atomic E-state index is 12.2. The van der Waals surface area contributed by atoms with Crippen molar-refractivity contribution in [1.82, 2.24) is 5.32 Å². The minimum absolute atomic E-state index is 0.0646. The average molecular weight is 277 g/mol. The van der Waals surface area contributed by atoms with E-state index in [9.17, 15) is 9.59 Å². The smallest absolute Gasteiger partial charge is 0.411 e. The van der Waals surface area contributed by atoms with E-state index in [0.717, 1.165) is 19.4 Å². The van der Waals surface area contributed by atoms with Gasteiger partial charge in [-0.05, 0) is 44.5 Å². The van der Waals surface area contributed by atoms with Crippen LogP contribution in [0.15, 0.2) is 24.3 Å². The van der Waals surface area contributed by atoms with Crippen molar-refractivity contribution in [3.63, 3.8) is 0 Å². The van der Waals surface area contributed by atoms with Gasteiger partial charge in [-0.3, -0.25) is 10.1 Å². The van der Waals surface area contributed by atoms with E-state index in [-0.39, 0.29) is 5.91 Å². The van der Waals surface area contributed by atoms with Crippen LogP contribution in [0.1, 0.15) is 19.8 Å². The van der Waals surface area contributed by atoms with Crippen molar-refractivity contribution in [3.8, 4) is 0 Å². The second-order valence-electron chi connectivity index (χ2n) is 5.01. The van der Waals surface area contributed by atoms with Gasteiger partial charge in [-0.1, -0.05) is 6.07 Å². The van der Waals surface area contributed by atoms with Crippen LogP contribution in [0.3, 0.4) is 0 Å². The summed E-state index contributed by atoms with van der Waals surface area (Å²) in [6.07, 6.45) is 1.27. The van der Waals surface area contributed by atoms with Gasteiger partial charge in [0.15, 0.2) is 0 Å². The SMILES string of the molecule is COC(=O)Nc1cccc(NC(=O)C2(C)CCCN2)c1. The molecule has 0 spiro atoms. The van der Waals surface area contributed by atoms with Gasteiger partial charge in [0.2, 0.25) is 5.91 Å². The highest BCUT2D eigenvalue weighted by molar-refractivity contribution is 5.98. The molecule has 1 unspecified atom stereocenters. The van der Waals surface area contributed by atoms with Crippen molar-refractivity contribution < 1.29 is 14.3 Å². The van der Waals surface area contributed by atoms with Crippen LogP contribution in [0.25, 0.3) is 0 Å². The van der Waals surface area contributed by atoms with Gasteiger partial charge >= 0.3 is 6.09 Å². The number of ether oxygens (including phenoxy) is 1. The number of carbonyl (C=O) groups is 2. The third-order valence-electron chi connectivity index (χ3n) is 3.42. The van der Waals surface area contributed by atoms with Gasteiger partial charge in [-0.2, -0.15) is 0 Å². The number of amides is 2. The Morgan fingerprint density at radius 1 is 1.30 bits per heavy atom. The van der Waals surface area contributed by atoms with Crippen LogP contribution in [-0.4, -0.2) is 31.2 Å². The Bertz CT molecular complexity index is 510. The molecule has 1 fully saturated rings. The van der Waals surface area contributed by atoms with E-state index < -0.39 is 11.6 Å². The van der Waals surface area contributed by atoms with Crippen LogP contribution in [0.5, 0.6) is 0 Å². The first kappa shape index (κ1) is 14.3. The first-order valence-corrected chi connectivity index (χ1v) is 6.55. The van der Waals surface area contributed by atoms with E-state index in [2.05, 4.69) is 20.7 Å². The summed E-state index contributed by atoms with van der Waals surface area (Å²) in [5.74, 6) is -0.0646. The van der Waals surface area contributed by atoms with Crippen LogP contribution >= 0.6 is 0 Å². The third-order valence-corrected chi connectivity index (χ3v) is 3.42. The molecule has 1 heterocycles. The summed E-state index contributed by atoms with van der Waals surface area (Å²) in [5.41, 5.74) is 0.684. The van der Waals surface area contributed by atoms with Gasteiger partial charge in [0.05, 0.1) is 12.6 Å². The van der Waals surface area contributed by atoms with Gasteiger partial charge in [-0.15, -0.1) is 0 Å². The summed E-state index contributed by atoms with van der Waals surface area (Å²) in [6, 6.07) is 6.94. The van der Waals surface area contributed by atoms with Crippen LogP contribution in [-0.2, 0) is 9.53 Å². The number of rotatable bonds is 3. The van der Waals surface area contributed by atoms with E-state index in [0.29, 0.717) is 11.4 Å². The molecule has 20 heavy (non-hydrogen) atoms. The topological polar surface area (TPSA) is 79.5 Å². The molecule has 1 aromatic carbocycles. The van der Waals surface area contributed by atoms with Crippen LogP contribution in [0.2, 0.25) is 0 Å². The highest BCUT2D eigenvalue weighted by Gasteiger charge is 2.35. The molecule has 0 aliphatic carbocycles. The molecule has 1 saturated heterocycles. The third kappa shape index (κ3) is 3.27. The zero-order valence-electron chi connectivity index (χ0n) is 11.7. The van der Waals surface area contributed by atoms with Crippen molar-refractivity contribution in [1.29, 1.82) is 0 Å². The van der Waals surface area contributed by atoms with Crippen molar-refractivity contribution in [2.45, 2.75) is 25.3 Å². The maximum absolute atomic E-state index is 12.2. The monoisotopic (exact) mass is 277 g/mol. The number of anilines is 2. The van der Waals surface area contributed by atoms with Gasteiger partial charge < -0.3 is 15.4 Å². The second kappa shape index (κ2) is 5.92. The molecule has 1 aromatic rings. The zero-order chi connectivity index (χ0) is 14.6. The molecule has 1 atom stereocenters. The first-order valence-electron chi connectivity index (χ1n) is 6.55. The van der Waals surface area contributed by atoms with Crippen LogP contribution in [0, 0.1) is 0 Å². The summed E-state index contributed by atoms with van der Waals surface area (Å²) >= 11 is 0. The molecule has 6 heteroatoms. The normalized spacial score (nSPS) is 21.3. The molecule has 2 rings (SSSR count). The van der Waals surface area contributed by atoms with Gasteiger partial charge in [0.1, 0.15) is 0 Å². The van der Waals surface area contributed by atoms with E-state index in [1.807, 2.05) is 6.92 Å². The lowest BCUT2D eigenvalue weighted by atomic mass is 9.99. The Hall–Kier alpha value is -2.08. The molecule has 0 aromatic heterocycles. The van der Waals surface area contributed by atoms with E-state index in [1.54, 1.807) is 24.3 Å². The molecular formula is C14H19N3O3. The highest BCUT2D eigenvalue weighted by atomic mass is 16.5. The minimum atomic E-state index is -0.544. The van der Waals surface area contributed by atoms with Crippen LogP contribution in [0.4, 0.5) is 16.2 Å². The summed E-state index contributed by atoms with van der Waals surface area (Å²) in [4.78, 5) is 23.4. The lowest BCUT2D eigenvalue weighted by Crippen LogP contribution is -2.47. The lowest BCUT2D eigenvalue weighted by molar-refractivity contribution is -0.121. The molecule has 1 aliphatic rings. The molecule has 108 valence electrons. The minimum Gasteiger partial charge on any atom is -0.453 e. The Balaban J connectivity index is 2.04. The number of methoxy groups -OCH3 is 1. The standard InChI is InChI=1S/C14H19N3O3/c1-14(7-4-8-15-14)12(18)16-10-5-3-6-11(9-10)17-13(19)20-2/h3,5-6,9,15H,4,7-8H2,1-2H3,(H,16,18)(H,17,19). The fraction of sp³-hybridized carbons (Fsp3) is 0.429. The molecular weight excluding hydrogens is 258 g/mol. The van der Waals surface area contributed by atoms with Gasteiger partial charge in [0, 0.05) is 11.4 Å². The molecule has 0 bridgehead atoms.